The van der Waals surface area contributed by atoms with E-state index in [1.807, 2.05) is 0 Å². The molecular weight excluding hydrogens is 302 g/mol. The smallest absolute Gasteiger partial charge is 0.280 e. The highest BCUT2D eigenvalue weighted by Crippen LogP contribution is 2.10. The molecule has 3 N–H and O–H groups in total. The van der Waals surface area contributed by atoms with Gasteiger partial charge in [-0.1, -0.05) is 13.8 Å². The van der Waals surface area contributed by atoms with Crippen LogP contribution in [-0.2, 0) is 16.1 Å². The highest BCUT2D eigenvalue weighted by Gasteiger charge is 2.14. The zero-order valence-corrected chi connectivity index (χ0v) is 13.4. The van der Waals surface area contributed by atoms with Gasteiger partial charge in [0.05, 0.1) is 19.0 Å². The van der Waals surface area contributed by atoms with E-state index in [0.717, 1.165) is 0 Å². The van der Waals surface area contributed by atoms with Gasteiger partial charge in [0.2, 0.25) is 11.9 Å². The van der Waals surface area contributed by atoms with E-state index < -0.39 is 5.56 Å². The van der Waals surface area contributed by atoms with Gasteiger partial charge in [-0.3, -0.25) is 19.9 Å². The van der Waals surface area contributed by atoms with Crippen molar-refractivity contribution >= 4 is 23.0 Å². The number of rotatable bonds is 7. The first kappa shape index (κ1) is 17.1. The monoisotopic (exact) mass is 323 g/mol. The summed E-state index contributed by atoms with van der Waals surface area (Å²) in [6.45, 7) is 3.88. The maximum atomic E-state index is 12.0. The molecule has 9 nitrogen and oxygen atoms in total. The van der Waals surface area contributed by atoms with E-state index in [9.17, 15) is 9.59 Å². The molecule has 0 unspecified atom stereocenters. The minimum Gasteiger partial charge on any atom is -0.394 e. The Labute approximate surface area is 132 Å². The number of methoxy groups -OCH3 is 1. The number of fused-ring (bicyclic) bond motifs is 1. The molecule has 0 fully saturated rings. The zero-order valence-electron chi connectivity index (χ0n) is 13.4. The standard InChI is InChI=1S/C14H21N5O4/c1-8(2)12(21)17-14-16-11-10(13(22)18-14)15-7-19(11)5-4-9(6-20)23-3/h7-9,20H,4-6H2,1-3H3,(H2,16,17,18,21,22)/t9-/m0/s1. The lowest BCUT2D eigenvalue weighted by molar-refractivity contribution is -0.118. The molecule has 2 aromatic rings. The van der Waals surface area contributed by atoms with Gasteiger partial charge in [0.1, 0.15) is 0 Å². The van der Waals surface area contributed by atoms with Crippen LogP contribution in [0.5, 0.6) is 0 Å². The van der Waals surface area contributed by atoms with Crippen molar-refractivity contribution in [2.75, 3.05) is 19.0 Å². The Hall–Kier alpha value is -2.26. The van der Waals surface area contributed by atoms with Gasteiger partial charge < -0.3 is 14.4 Å². The molecule has 23 heavy (non-hydrogen) atoms. The molecule has 0 aromatic carbocycles. The maximum Gasteiger partial charge on any atom is 0.280 e. The lowest BCUT2D eigenvalue weighted by Gasteiger charge is -2.12. The van der Waals surface area contributed by atoms with E-state index >= 15 is 0 Å². The third kappa shape index (κ3) is 3.93. The van der Waals surface area contributed by atoms with Gasteiger partial charge in [0.25, 0.3) is 5.56 Å². The van der Waals surface area contributed by atoms with E-state index in [1.54, 1.807) is 18.4 Å². The summed E-state index contributed by atoms with van der Waals surface area (Å²) < 4.78 is 6.80. The quantitative estimate of drug-likeness (QED) is 0.665. The van der Waals surface area contributed by atoms with Crippen LogP contribution in [0.25, 0.3) is 11.2 Å². The number of carbonyl (C=O) groups excluding carboxylic acids is 1. The number of ether oxygens (including phenoxy) is 1. The van der Waals surface area contributed by atoms with Gasteiger partial charge in [0, 0.05) is 19.6 Å². The fraction of sp³-hybridized carbons (Fsp3) is 0.571. The summed E-state index contributed by atoms with van der Waals surface area (Å²) in [5.74, 6) is -0.375. The SMILES string of the molecule is CO[C@H](CO)CCn1cnc2c(=O)[nH]c(NC(=O)C(C)C)nc21. The number of carbonyl (C=O) groups is 1. The number of aromatic nitrogens is 4. The molecule has 2 rings (SSSR count). The van der Waals surface area contributed by atoms with Crippen molar-refractivity contribution in [3.63, 3.8) is 0 Å². The normalized spacial score (nSPS) is 12.7. The maximum absolute atomic E-state index is 12.0. The number of amides is 1. The second-order valence-electron chi connectivity index (χ2n) is 5.50. The van der Waals surface area contributed by atoms with Crippen LogP contribution >= 0.6 is 0 Å². The first-order valence-electron chi connectivity index (χ1n) is 7.36. The third-order valence-electron chi connectivity index (χ3n) is 3.47. The van der Waals surface area contributed by atoms with Crippen LogP contribution in [0.3, 0.4) is 0 Å². The number of aromatic amines is 1. The summed E-state index contributed by atoms with van der Waals surface area (Å²) in [7, 11) is 1.52. The van der Waals surface area contributed by atoms with Crippen LogP contribution in [0.2, 0.25) is 0 Å². The average molecular weight is 323 g/mol. The minimum absolute atomic E-state index is 0.0904. The van der Waals surface area contributed by atoms with Crippen LogP contribution in [0.15, 0.2) is 11.1 Å². The molecule has 0 aliphatic rings. The number of anilines is 1. The number of aryl methyl sites for hydroxylation is 1. The average Bonchev–Trinajstić information content (AvgIpc) is 2.92. The molecule has 2 aromatic heterocycles. The van der Waals surface area contributed by atoms with E-state index in [0.29, 0.717) is 18.6 Å². The Morgan fingerprint density at radius 1 is 1.52 bits per heavy atom. The summed E-state index contributed by atoms with van der Waals surface area (Å²) in [5.41, 5.74) is 0.157. The van der Waals surface area contributed by atoms with Gasteiger partial charge in [-0.25, -0.2) is 4.98 Å². The zero-order chi connectivity index (χ0) is 17.0. The lowest BCUT2D eigenvalue weighted by Crippen LogP contribution is -2.22. The molecule has 2 heterocycles. The first-order valence-corrected chi connectivity index (χ1v) is 7.36. The molecule has 0 aliphatic carbocycles. The molecular formula is C14H21N5O4. The number of hydrogen-bond donors (Lipinski definition) is 3. The second kappa shape index (κ2) is 7.34. The van der Waals surface area contributed by atoms with Crippen molar-refractivity contribution in [2.24, 2.45) is 5.92 Å². The van der Waals surface area contributed by atoms with Crippen LogP contribution in [-0.4, -0.2) is 50.4 Å². The van der Waals surface area contributed by atoms with Crippen LogP contribution in [0, 0.1) is 5.92 Å². The number of H-pyrrole nitrogens is 1. The van der Waals surface area contributed by atoms with Gasteiger partial charge in [-0.05, 0) is 6.42 Å². The molecule has 0 saturated carbocycles. The summed E-state index contributed by atoms with van der Waals surface area (Å²) >= 11 is 0. The highest BCUT2D eigenvalue weighted by molar-refractivity contribution is 5.91. The van der Waals surface area contributed by atoms with E-state index in [-0.39, 0.29) is 36.0 Å². The van der Waals surface area contributed by atoms with Crippen LogP contribution in [0.4, 0.5) is 5.95 Å². The molecule has 0 spiro atoms. The van der Waals surface area contributed by atoms with E-state index in [4.69, 9.17) is 9.84 Å². The van der Waals surface area contributed by atoms with Gasteiger partial charge in [0.15, 0.2) is 11.2 Å². The molecule has 0 radical (unpaired) electrons. The Morgan fingerprint density at radius 2 is 2.26 bits per heavy atom. The lowest BCUT2D eigenvalue weighted by atomic mass is 10.2. The number of nitrogens with zero attached hydrogens (tertiary/aromatic N) is 3. The first-order chi connectivity index (χ1) is 11.0. The van der Waals surface area contributed by atoms with Crippen molar-refractivity contribution in [2.45, 2.75) is 32.9 Å². The Kier molecular flexibility index (Phi) is 5.45. The van der Waals surface area contributed by atoms with Crippen molar-refractivity contribution in [3.8, 4) is 0 Å². The molecule has 0 aliphatic heterocycles. The van der Waals surface area contributed by atoms with Crippen molar-refractivity contribution < 1.29 is 14.6 Å². The Bertz CT molecular complexity index is 732. The number of aliphatic hydroxyl groups is 1. The van der Waals surface area contributed by atoms with Crippen molar-refractivity contribution in [1.29, 1.82) is 0 Å². The topological polar surface area (TPSA) is 122 Å². The highest BCUT2D eigenvalue weighted by atomic mass is 16.5. The van der Waals surface area contributed by atoms with E-state index in [1.165, 1.54) is 13.4 Å². The summed E-state index contributed by atoms with van der Waals surface area (Å²) in [5, 5.41) is 11.7. The third-order valence-corrected chi connectivity index (χ3v) is 3.47. The predicted molar refractivity (Wildman–Crippen MR) is 84.1 cm³/mol. The molecule has 1 amide bonds. The second-order valence-corrected chi connectivity index (χ2v) is 5.50. The summed E-state index contributed by atoms with van der Waals surface area (Å²) in [6, 6.07) is 0. The summed E-state index contributed by atoms with van der Waals surface area (Å²) in [4.78, 5) is 34.6. The Balaban J connectivity index is 2.28. The minimum atomic E-state index is -0.418. The molecule has 0 bridgehead atoms. The fourth-order valence-corrected chi connectivity index (χ4v) is 2.00. The van der Waals surface area contributed by atoms with Gasteiger partial charge in [-0.15, -0.1) is 0 Å². The summed E-state index contributed by atoms with van der Waals surface area (Å²) in [6.07, 6.45) is 1.75. The predicted octanol–water partition coefficient (Wildman–Crippen LogP) is 0.111. The van der Waals surface area contributed by atoms with Crippen molar-refractivity contribution in [1.82, 2.24) is 19.5 Å². The number of aliphatic hydroxyl groups excluding tert-OH is 1. The fourth-order valence-electron chi connectivity index (χ4n) is 2.00. The largest absolute Gasteiger partial charge is 0.394 e. The van der Waals surface area contributed by atoms with E-state index in [2.05, 4.69) is 20.3 Å². The number of nitrogens with one attached hydrogen (secondary N) is 2. The molecule has 0 saturated heterocycles. The van der Waals surface area contributed by atoms with Crippen molar-refractivity contribution in [3.05, 3.63) is 16.7 Å². The molecule has 1 atom stereocenters. The van der Waals surface area contributed by atoms with Crippen LogP contribution < -0.4 is 10.9 Å². The molecule has 126 valence electrons. The number of imidazole rings is 1. The van der Waals surface area contributed by atoms with Crippen LogP contribution in [0.1, 0.15) is 20.3 Å². The molecule has 9 heteroatoms. The van der Waals surface area contributed by atoms with Gasteiger partial charge >= 0.3 is 0 Å². The Morgan fingerprint density at radius 3 is 2.87 bits per heavy atom. The van der Waals surface area contributed by atoms with Gasteiger partial charge in [-0.2, -0.15) is 4.98 Å². The number of hydrogen-bond acceptors (Lipinski definition) is 6.